The molecule has 0 spiro atoms. The summed E-state index contributed by atoms with van der Waals surface area (Å²) in [5.41, 5.74) is 5.05. The number of allylic oxidation sites excluding steroid dienone is 1. The van der Waals surface area contributed by atoms with E-state index < -0.39 is 0 Å². The number of fused-ring (bicyclic) bond motifs is 1. The number of benzene rings is 3. The maximum atomic E-state index is 13.5. The molecule has 0 heterocycles. The van der Waals surface area contributed by atoms with Crippen LogP contribution in [0.1, 0.15) is 46.3 Å². The Kier molecular flexibility index (Phi) is 6.08. The molecule has 158 valence electrons. The van der Waals surface area contributed by atoms with Gasteiger partial charge >= 0.3 is 0 Å². The Morgan fingerprint density at radius 3 is 2.19 bits per heavy atom. The van der Waals surface area contributed by atoms with E-state index in [1.54, 1.807) is 14.2 Å². The molecule has 1 atom stereocenters. The maximum Gasteiger partial charge on any atom is 0.258 e. The number of rotatable bonds is 6. The fourth-order valence-electron chi connectivity index (χ4n) is 4.12. The molecule has 0 saturated carbocycles. The lowest BCUT2D eigenvalue weighted by Gasteiger charge is -2.32. The molecule has 0 N–H and O–H groups in total. The summed E-state index contributed by atoms with van der Waals surface area (Å²) in [4.78, 5) is 15.4. The third-order valence-electron chi connectivity index (χ3n) is 5.75. The highest BCUT2D eigenvalue weighted by Crippen LogP contribution is 2.41. The Morgan fingerprint density at radius 1 is 0.935 bits per heavy atom. The molecule has 1 aliphatic carbocycles. The molecule has 31 heavy (non-hydrogen) atoms. The largest absolute Gasteiger partial charge is 0.493 e. The van der Waals surface area contributed by atoms with Crippen LogP contribution in [-0.2, 0) is 6.54 Å². The summed E-state index contributed by atoms with van der Waals surface area (Å²) >= 11 is 0. The van der Waals surface area contributed by atoms with E-state index in [1.165, 1.54) is 5.56 Å². The molecule has 0 aromatic heterocycles. The molecule has 4 rings (SSSR count). The molecule has 3 aromatic carbocycles. The Bertz CT molecular complexity index is 1090. The quantitative estimate of drug-likeness (QED) is 0.505. The summed E-state index contributed by atoms with van der Waals surface area (Å²) in [6, 6.07) is 23.6. The number of methoxy groups -OCH3 is 2. The Labute approximate surface area is 183 Å². The van der Waals surface area contributed by atoms with E-state index in [4.69, 9.17) is 9.47 Å². The van der Waals surface area contributed by atoms with Gasteiger partial charge in [0.25, 0.3) is 5.91 Å². The minimum absolute atomic E-state index is 0.00632. The molecular formula is C27H27NO3. The molecule has 4 nitrogen and oxygen atoms in total. The van der Waals surface area contributed by atoms with Crippen molar-refractivity contribution in [2.75, 3.05) is 14.2 Å². The minimum Gasteiger partial charge on any atom is -0.493 e. The van der Waals surface area contributed by atoms with Gasteiger partial charge in [0.05, 0.1) is 20.8 Å². The average molecular weight is 414 g/mol. The topological polar surface area (TPSA) is 38.8 Å². The van der Waals surface area contributed by atoms with Crippen molar-refractivity contribution in [2.45, 2.75) is 25.8 Å². The van der Waals surface area contributed by atoms with E-state index in [0.29, 0.717) is 17.9 Å². The van der Waals surface area contributed by atoms with Gasteiger partial charge in [-0.3, -0.25) is 4.79 Å². The summed E-state index contributed by atoms with van der Waals surface area (Å²) in [6.45, 7) is 2.71. The molecule has 4 heteroatoms. The number of ether oxygens (including phenoxy) is 2. The van der Waals surface area contributed by atoms with Crippen LogP contribution < -0.4 is 9.47 Å². The van der Waals surface area contributed by atoms with Crippen LogP contribution in [0.15, 0.2) is 78.5 Å². The van der Waals surface area contributed by atoms with Gasteiger partial charge in [0.15, 0.2) is 11.5 Å². The molecule has 1 amide bonds. The molecular weight excluding hydrogens is 386 g/mol. The fourth-order valence-corrected chi connectivity index (χ4v) is 4.12. The first-order valence-corrected chi connectivity index (χ1v) is 10.5. The second-order valence-electron chi connectivity index (χ2n) is 7.82. The molecule has 0 aliphatic heterocycles. The summed E-state index contributed by atoms with van der Waals surface area (Å²) in [7, 11) is 3.29. The van der Waals surface area contributed by atoms with E-state index >= 15 is 0 Å². The molecule has 0 bridgehead atoms. The van der Waals surface area contributed by atoms with Crippen LogP contribution >= 0.6 is 0 Å². The monoisotopic (exact) mass is 413 g/mol. The van der Waals surface area contributed by atoms with E-state index in [9.17, 15) is 4.79 Å². The molecule has 0 saturated heterocycles. The lowest BCUT2D eigenvalue weighted by Crippen LogP contribution is -2.31. The van der Waals surface area contributed by atoms with Crippen molar-refractivity contribution >= 4 is 12.0 Å². The van der Waals surface area contributed by atoms with Crippen LogP contribution in [0.25, 0.3) is 6.08 Å². The van der Waals surface area contributed by atoms with E-state index in [1.807, 2.05) is 65.6 Å². The van der Waals surface area contributed by atoms with Crippen molar-refractivity contribution in [3.8, 4) is 11.5 Å². The van der Waals surface area contributed by atoms with Crippen LogP contribution in [0.5, 0.6) is 11.5 Å². The van der Waals surface area contributed by atoms with Crippen LogP contribution in [0, 0.1) is 0 Å². The third kappa shape index (κ3) is 4.33. The molecule has 3 aromatic rings. The van der Waals surface area contributed by atoms with E-state index in [2.05, 4.69) is 25.1 Å². The first-order valence-electron chi connectivity index (χ1n) is 10.5. The summed E-state index contributed by atoms with van der Waals surface area (Å²) in [5, 5.41) is 0. The maximum absolute atomic E-state index is 13.5. The summed E-state index contributed by atoms with van der Waals surface area (Å²) < 4.78 is 11.0. The predicted octanol–water partition coefficient (Wildman–Crippen LogP) is 5.89. The number of nitrogens with zero attached hydrogens (tertiary/aromatic N) is 1. The van der Waals surface area contributed by atoms with Crippen LogP contribution in [0.3, 0.4) is 0 Å². The highest BCUT2D eigenvalue weighted by atomic mass is 16.5. The lowest BCUT2D eigenvalue weighted by molar-refractivity contribution is 0.0791. The molecule has 0 radical (unpaired) electrons. The van der Waals surface area contributed by atoms with Gasteiger partial charge in [-0.1, -0.05) is 55.5 Å². The van der Waals surface area contributed by atoms with Crippen molar-refractivity contribution in [3.63, 3.8) is 0 Å². The van der Waals surface area contributed by atoms with Crippen molar-refractivity contribution in [1.82, 2.24) is 4.90 Å². The first-order chi connectivity index (χ1) is 15.1. The van der Waals surface area contributed by atoms with Gasteiger partial charge in [-0.2, -0.15) is 0 Å². The highest BCUT2D eigenvalue weighted by Gasteiger charge is 2.27. The predicted molar refractivity (Wildman–Crippen MR) is 123 cm³/mol. The van der Waals surface area contributed by atoms with Crippen molar-refractivity contribution in [1.29, 1.82) is 0 Å². The van der Waals surface area contributed by atoms with E-state index in [0.717, 1.165) is 29.0 Å². The second kappa shape index (κ2) is 9.09. The Balaban J connectivity index is 1.77. The lowest BCUT2D eigenvalue weighted by atomic mass is 9.85. The number of hydrogen-bond donors (Lipinski definition) is 0. The van der Waals surface area contributed by atoms with Crippen LogP contribution in [0.4, 0.5) is 0 Å². The van der Waals surface area contributed by atoms with Crippen LogP contribution in [0.2, 0.25) is 0 Å². The zero-order valence-corrected chi connectivity index (χ0v) is 18.2. The van der Waals surface area contributed by atoms with Crippen LogP contribution in [-0.4, -0.2) is 25.0 Å². The van der Waals surface area contributed by atoms with Gasteiger partial charge < -0.3 is 14.4 Å². The second-order valence-corrected chi connectivity index (χ2v) is 7.82. The molecule has 1 aliphatic rings. The smallest absolute Gasteiger partial charge is 0.258 e. The number of hydrogen-bond acceptors (Lipinski definition) is 3. The SMILES string of the molecule is COc1cc2c(cc1OC)C(C)CC(N(Cc1ccccc1)C(=O)c1ccccc1)=C2. The first kappa shape index (κ1) is 20.7. The van der Waals surface area contributed by atoms with Gasteiger partial charge in [-0.05, 0) is 59.4 Å². The minimum atomic E-state index is 0.00632. The number of carbonyl (C=O) groups excluding carboxylic acids is 1. The highest BCUT2D eigenvalue weighted by molar-refractivity contribution is 5.96. The number of amides is 1. The third-order valence-corrected chi connectivity index (χ3v) is 5.75. The van der Waals surface area contributed by atoms with Gasteiger partial charge in [0.2, 0.25) is 0 Å². The van der Waals surface area contributed by atoms with Crippen molar-refractivity contribution in [3.05, 3.63) is 101 Å². The summed E-state index contributed by atoms with van der Waals surface area (Å²) in [6.07, 6.45) is 2.88. The normalized spacial score (nSPS) is 14.9. The Morgan fingerprint density at radius 2 is 1.55 bits per heavy atom. The molecule has 0 fully saturated rings. The molecule has 1 unspecified atom stereocenters. The van der Waals surface area contributed by atoms with E-state index in [-0.39, 0.29) is 11.8 Å². The van der Waals surface area contributed by atoms with Crippen molar-refractivity contribution in [2.24, 2.45) is 0 Å². The number of carbonyl (C=O) groups is 1. The fraction of sp³-hybridized carbons (Fsp3) is 0.222. The van der Waals surface area contributed by atoms with Gasteiger partial charge in [-0.25, -0.2) is 0 Å². The van der Waals surface area contributed by atoms with Gasteiger partial charge in [0.1, 0.15) is 0 Å². The van der Waals surface area contributed by atoms with Crippen molar-refractivity contribution < 1.29 is 14.3 Å². The zero-order chi connectivity index (χ0) is 21.8. The van der Waals surface area contributed by atoms with Gasteiger partial charge in [0, 0.05) is 11.3 Å². The average Bonchev–Trinajstić information content (AvgIpc) is 2.82. The zero-order valence-electron chi connectivity index (χ0n) is 18.2. The summed E-state index contributed by atoms with van der Waals surface area (Å²) in [5.74, 6) is 1.67. The van der Waals surface area contributed by atoms with Gasteiger partial charge in [-0.15, -0.1) is 0 Å². The standard InChI is InChI=1S/C27H27NO3/c1-19-14-23(15-22-16-25(30-2)26(31-3)17-24(19)22)28(18-20-10-6-4-7-11-20)27(29)21-12-8-5-9-13-21/h4-13,15-17,19H,14,18H2,1-3H3. The Hall–Kier alpha value is -3.53.